The van der Waals surface area contributed by atoms with E-state index in [0.717, 1.165) is 11.1 Å². The van der Waals surface area contributed by atoms with Gasteiger partial charge in [0.2, 0.25) is 15.9 Å². The van der Waals surface area contributed by atoms with Crippen molar-refractivity contribution in [2.24, 2.45) is 0 Å². The molecular formula is C27H29N5O4S. The Morgan fingerprint density at radius 3 is 2.35 bits per heavy atom. The lowest BCUT2D eigenvalue weighted by Crippen LogP contribution is -2.45. The number of H-pyrrole nitrogens is 1. The number of imidazole rings is 1. The number of nitrogens with zero attached hydrogens (tertiary/aromatic N) is 1. The molecule has 4 rings (SSSR count). The fraction of sp³-hybridized carbons (Fsp3) is 0.222. The van der Waals surface area contributed by atoms with Crippen LogP contribution in [0.3, 0.4) is 0 Å². The van der Waals surface area contributed by atoms with Crippen LogP contribution in [0.1, 0.15) is 36.7 Å². The first kappa shape index (κ1) is 26.1. The van der Waals surface area contributed by atoms with E-state index < -0.39 is 33.4 Å². The van der Waals surface area contributed by atoms with E-state index in [-0.39, 0.29) is 11.3 Å². The first-order valence-corrected chi connectivity index (χ1v) is 13.2. The molecule has 0 fully saturated rings. The van der Waals surface area contributed by atoms with Crippen molar-refractivity contribution < 1.29 is 18.0 Å². The van der Waals surface area contributed by atoms with Crippen LogP contribution in [0.2, 0.25) is 0 Å². The lowest BCUT2D eigenvalue weighted by Gasteiger charge is -2.21. The Bertz CT molecular complexity index is 1510. The molecule has 0 saturated carbocycles. The normalized spacial score (nSPS) is 12.7. The summed E-state index contributed by atoms with van der Waals surface area (Å²) in [5.41, 5.74) is 2.50. The highest BCUT2D eigenvalue weighted by Crippen LogP contribution is 2.17. The third-order valence-electron chi connectivity index (χ3n) is 5.46. The summed E-state index contributed by atoms with van der Waals surface area (Å²) >= 11 is 0. The third-order valence-corrected chi connectivity index (χ3v) is 7.23. The van der Waals surface area contributed by atoms with Crippen LogP contribution in [0.15, 0.2) is 84.0 Å². The van der Waals surface area contributed by atoms with Gasteiger partial charge < -0.3 is 15.6 Å². The van der Waals surface area contributed by atoms with Crippen LogP contribution in [0, 0.1) is 0 Å². The fourth-order valence-corrected chi connectivity index (χ4v) is 5.20. The Morgan fingerprint density at radius 1 is 0.973 bits per heavy atom. The molecule has 4 N–H and O–H groups in total. The predicted molar refractivity (Wildman–Crippen MR) is 143 cm³/mol. The van der Waals surface area contributed by atoms with E-state index >= 15 is 0 Å². The molecule has 1 heterocycles. The van der Waals surface area contributed by atoms with E-state index in [1.165, 1.54) is 24.3 Å². The zero-order chi connectivity index (χ0) is 26.6. The van der Waals surface area contributed by atoms with Gasteiger partial charge in [-0.3, -0.25) is 9.59 Å². The van der Waals surface area contributed by atoms with Gasteiger partial charge >= 0.3 is 0 Å². The molecule has 0 unspecified atom stereocenters. The molecule has 0 aliphatic heterocycles. The van der Waals surface area contributed by atoms with Gasteiger partial charge in [0, 0.05) is 23.2 Å². The Labute approximate surface area is 215 Å². The number of nitrogens with one attached hydrogen (secondary N) is 4. The highest BCUT2D eigenvalue weighted by Gasteiger charge is 2.24. The van der Waals surface area contributed by atoms with Crippen LogP contribution < -0.4 is 15.4 Å². The largest absolute Gasteiger partial charge is 0.345 e. The lowest BCUT2D eigenvalue weighted by molar-refractivity contribution is -0.118. The van der Waals surface area contributed by atoms with Crippen molar-refractivity contribution in [3.63, 3.8) is 0 Å². The summed E-state index contributed by atoms with van der Waals surface area (Å²) in [7, 11) is -3.70. The molecule has 0 bridgehead atoms. The van der Waals surface area contributed by atoms with Crippen LogP contribution >= 0.6 is 0 Å². The Balaban J connectivity index is 1.51. The number of fused-ring (bicyclic) bond motifs is 1. The zero-order valence-electron chi connectivity index (χ0n) is 20.8. The Morgan fingerprint density at radius 2 is 1.68 bits per heavy atom. The average molecular weight is 520 g/mol. The van der Waals surface area contributed by atoms with Crippen LogP contribution in [0.4, 0.5) is 5.69 Å². The maximum absolute atomic E-state index is 13.3. The number of hydrogen-bond acceptors (Lipinski definition) is 5. The van der Waals surface area contributed by atoms with Gasteiger partial charge in [-0.1, -0.05) is 30.3 Å². The summed E-state index contributed by atoms with van der Waals surface area (Å²) in [6.07, 6.45) is 1.82. The quantitative estimate of drug-likeness (QED) is 0.282. The number of hydrogen-bond donors (Lipinski definition) is 4. The Kier molecular flexibility index (Phi) is 7.42. The van der Waals surface area contributed by atoms with Crippen LogP contribution in [0.25, 0.3) is 11.0 Å². The van der Waals surface area contributed by atoms with Crippen LogP contribution in [-0.4, -0.2) is 41.8 Å². The summed E-state index contributed by atoms with van der Waals surface area (Å²) in [6, 6.07) is 19.4. The second kappa shape index (κ2) is 10.5. The van der Waals surface area contributed by atoms with Crippen molar-refractivity contribution in [3.05, 3.63) is 90.3 Å². The topological polar surface area (TPSA) is 133 Å². The minimum absolute atomic E-state index is 0.0868. The number of sulfonamides is 1. The first-order valence-electron chi connectivity index (χ1n) is 11.7. The molecule has 9 nitrogen and oxygen atoms in total. The predicted octanol–water partition coefficient (Wildman–Crippen LogP) is 3.62. The number of benzene rings is 3. The van der Waals surface area contributed by atoms with E-state index in [9.17, 15) is 18.0 Å². The molecule has 4 aromatic rings. The lowest BCUT2D eigenvalue weighted by atomic mass is 10.0. The van der Waals surface area contributed by atoms with Gasteiger partial charge in [-0.25, -0.2) is 18.1 Å². The van der Waals surface area contributed by atoms with Crippen molar-refractivity contribution in [3.8, 4) is 0 Å². The second-order valence-corrected chi connectivity index (χ2v) is 11.4. The van der Waals surface area contributed by atoms with Gasteiger partial charge in [0.25, 0.3) is 5.91 Å². The minimum Gasteiger partial charge on any atom is -0.345 e. The molecule has 0 radical (unpaired) electrons. The van der Waals surface area contributed by atoms with Crippen molar-refractivity contribution in [1.82, 2.24) is 20.0 Å². The SMILES string of the molecule is CC(C)(C)NS(=O)(=O)c1ccc(NC(=O)[C@H](Cc2ccccc2)NC(=O)c2ccc3nc[nH]c3c2)cc1. The van der Waals surface area contributed by atoms with Crippen LogP contribution in [-0.2, 0) is 21.2 Å². The summed E-state index contributed by atoms with van der Waals surface area (Å²) in [5.74, 6) is -0.828. The van der Waals surface area contributed by atoms with Crippen LogP contribution in [0.5, 0.6) is 0 Å². The number of anilines is 1. The monoisotopic (exact) mass is 519 g/mol. The molecule has 10 heteroatoms. The molecule has 0 aliphatic rings. The number of carbonyl (C=O) groups is 2. The second-order valence-electron chi connectivity index (χ2n) is 9.72. The highest BCUT2D eigenvalue weighted by atomic mass is 32.2. The third kappa shape index (κ3) is 6.81. The van der Waals surface area contributed by atoms with Gasteiger partial charge in [0.15, 0.2) is 0 Å². The number of rotatable bonds is 8. The molecule has 0 saturated heterocycles. The smallest absolute Gasteiger partial charge is 0.252 e. The number of aromatic nitrogens is 2. The summed E-state index contributed by atoms with van der Waals surface area (Å²) in [5, 5.41) is 5.62. The van der Waals surface area contributed by atoms with Gasteiger partial charge in [-0.2, -0.15) is 0 Å². The van der Waals surface area contributed by atoms with Crippen molar-refractivity contribution >= 4 is 38.6 Å². The fourth-order valence-electron chi connectivity index (χ4n) is 3.79. The Hall–Kier alpha value is -4.02. The molecule has 2 amide bonds. The molecule has 1 atom stereocenters. The van der Waals surface area contributed by atoms with E-state index in [1.54, 1.807) is 45.3 Å². The number of amides is 2. The summed E-state index contributed by atoms with van der Waals surface area (Å²) in [4.78, 5) is 33.5. The molecule has 0 spiro atoms. The van der Waals surface area contributed by atoms with Gasteiger partial charge in [-0.05, 0) is 68.8 Å². The first-order chi connectivity index (χ1) is 17.5. The number of carbonyl (C=O) groups excluding carboxylic acids is 2. The maximum Gasteiger partial charge on any atom is 0.252 e. The van der Waals surface area contributed by atoms with Gasteiger partial charge in [0.1, 0.15) is 6.04 Å². The summed E-state index contributed by atoms with van der Waals surface area (Å²) < 4.78 is 27.7. The van der Waals surface area contributed by atoms with E-state index in [2.05, 4.69) is 25.3 Å². The molecular weight excluding hydrogens is 490 g/mol. The zero-order valence-corrected chi connectivity index (χ0v) is 21.6. The number of aromatic amines is 1. The molecule has 1 aromatic heterocycles. The molecule has 3 aromatic carbocycles. The van der Waals surface area contributed by atoms with Gasteiger partial charge in [-0.15, -0.1) is 0 Å². The standard InChI is InChI=1S/C27H29N5O4S/c1-27(2,3)32-37(35,36)21-12-10-20(11-13-21)30-26(34)24(15-18-7-5-4-6-8-18)31-25(33)19-9-14-22-23(16-19)29-17-28-22/h4-14,16-17,24,32H,15H2,1-3H3,(H,28,29)(H,30,34)(H,31,33)/t24-/m0/s1. The molecule has 0 aliphatic carbocycles. The highest BCUT2D eigenvalue weighted by molar-refractivity contribution is 7.89. The molecule has 37 heavy (non-hydrogen) atoms. The molecule has 192 valence electrons. The van der Waals surface area contributed by atoms with E-state index in [0.29, 0.717) is 16.8 Å². The van der Waals surface area contributed by atoms with Gasteiger partial charge in [0.05, 0.1) is 22.3 Å². The average Bonchev–Trinajstić information content (AvgIpc) is 3.31. The minimum atomic E-state index is -3.70. The van der Waals surface area contributed by atoms with Crippen molar-refractivity contribution in [2.45, 2.75) is 43.7 Å². The maximum atomic E-state index is 13.3. The van der Waals surface area contributed by atoms with Crippen molar-refractivity contribution in [2.75, 3.05) is 5.32 Å². The summed E-state index contributed by atoms with van der Waals surface area (Å²) in [6.45, 7) is 5.27. The van der Waals surface area contributed by atoms with E-state index in [4.69, 9.17) is 0 Å². The van der Waals surface area contributed by atoms with E-state index in [1.807, 2.05) is 30.3 Å². The van der Waals surface area contributed by atoms with Crippen molar-refractivity contribution in [1.29, 1.82) is 0 Å².